The van der Waals surface area contributed by atoms with Gasteiger partial charge in [0.1, 0.15) is 0 Å². The van der Waals surface area contributed by atoms with E-state index in [-0.39, 0.29) is 0 Å². The van der Waals surface area contributed by atoms with Crippen LogP contribution in [0.3, 0.4) is 0 Å². The van der Waals surface area contributed by atoms with Gasteiger partial charge in [-0.25, -0.2) is 0 Å². The van der Waals surface area contributed by atoms with Crippen molar-refractivity contribution in [3.63, 3.8) is 0 Å². The van der Waals surface area contributed by atoms with Crippen molar-refractivity contribution in [1.29, 1.82) is 0 Å². The lowest BCUT2D eigenvalue weighted by Crippen LogP contribution is -1.95. The van der Waals surface area contributed by atoms with Gasteiger partial charge in [0.25, 0.3) is 0 Å². The molecular weight excluding hydrogens is 244 g/mol. The van der Waals surface area contributed by atoms with Crippen molar-refractivity contribution >= 4 is 11.6 Å². The number of hydrogen-bond acceptors (Lipinski definition) is 1. The summed E-state index contributed by atoms with van der Waals surface area (Å²) in [7, 11) is 0. The molecule has 2 aromatic rings. The summed E-state index contributed by atoms with van der Waals surface area (Å²) in [5, 5.41) is 10.5. The molecule has 1 atom stereocenters. The Morgan fingerprint density at radius 2 is 1.78 bits per heavy atom. The molecule has 1 N–H and O–H groups in total. The van der Waals surface area contributed by atoms with E-state index in [1.807, 2.05) is 18.2 Å². The highest BCUT2D eigenvalue weighted by molar-refractivity contribution is 6.30. The minimum atomic E-state index is -0.524. The second kappa shape index (κ2) is 5.55. The number of aryl methyl sites for hydroxylation is 1. The lowest BCUT2D eigenvalue weighted by atomic mass is 9.96. The molecule has 0 amide bonds. The molecule has 0 spiro atoms. The van der Waals surface area contributed by atoms with E-state index in [2.05, 4.69) is 31.2 Å². The second-order valence-corrected chi connectivity index (χ2v) is 4.89. The Bertz CT molecular complexity index is 529. The molecule has 0 bridgehead atoms. The lowest BCUT2D eigenvalue weighted by Gasteiger charge is -2.13. The average Bonchev–Trinajstić information content (AvgIpc) is 2.39. The van der Waals surface area contributed by atoms with Gasteiger partial charge in [0.2, 0.25) is 0 Å². The molecule has 0 radical (unpaired) electrons. The van der Waals surface area contributed by atoms with Crippen LogP contribution in [-0.4, -0.2) is 5.11 Å². The van der Waals surface area contributed by atoms with Gasteiger partial charge in [-0.3, -0.25) is 0 Å². The molecule has 0 fully saturated rings. The maximum atomic E-state index is 9.83. The number of aliphatic hydroxyl groups excluding tert-OH is 1. The molecule has 2 rings (SSSR count). The maximum absolute atomic E-state index is 9.83. The number of hydrogen-bond donors (Lipinski definition) is 1. The van der Waals surface area contributed by atoms with Gasteiger partial charge in [0.05, 0.1) is 6.10 Å². The zero-order valence-electron chi connectivity index (χ0n) is 10.7. The molecule has 0 aliphatic rings. The van der Waals surface area contributed by atoms with Gasteiger partial charge in [0.15, 0.2) is 0 Å². The van der Waals surface area contributed by atoms with E-state index in [0.29, 0.717) is 5.02 Å². The summed E-state index contributed by atoms with van der Waals surface area (Å²) in [6, 6.07) is 14.1. The van der Waals surface area contributed by atoms with Crippen LogP contribution in [0.15, 0.2) is 42.5 Å². The standard InChI is InChI=1S/C16H17ClO/c1-3-12-4-6-13(7-5-12)15-9-8-14(17)10-16(15)11(2)18/h4-11,18H,3H2,1-2H3. The van der Waals surface area contributed by atoms with Gasteiger partial charge in [-0.05, 0) is 47.7 Å². The van der Waals surface area contributed by atoms with E-state index in [4.69, 9.17) is 11.6 Å². The molecule has 0 saturated heterocycles. The smallest absolute Gasteiger partial charge is 0.0768 e. The van der Waals surface area contributed by atoms with Gasteiger partial charge in [0, 0.05) is 5.02 Å². The fraction of sp³-hybridized carbons (Fsp3) is 0.250. The predicted molar refractivity (Wildman–Crippen MR) is 76.9 cm³/mol. The third-order valence-corrected chi connectivity index (χ3v) is 3.37. The van der Waals surface area contributed by atoms with Crippen molar-refractivity contribution in [2.45, 2.75) is 26.4 Å². The second-order valence-electron chi connectivity index (χ2n) is 4.46. The molecule has 1 nitrogen and oxygen atoms in total. The number of aliphatic hydroxyl groups is 1. The molecule has 0 heterocycles. The van der Waals surface area contributed by atoms with Crippen molar-refractivity contribution < 1.29 is 5.11 Å². The van der Waals surface area contributed by atoms with Gasteiger partial charge in [-0.2, -0.15) is 0 Å². The summed E-state index contributed by atoms with van der Waals surface area (Å²) >= 11 is 5.98. The van der Waals surface area contributed by atoms with Crippen LogP contribution in [0, 0.1) is 0 Å². The molecule has 0 aliphatic heterocycles. The molecule has 0 saturated carbocycles. The largest absolute Gasteiger partial charge is 0.389 e. The van der Waals surface area contributed by atoms with E-state index in [9.17, 15) is 5.11 Å². The Morgan fingerprint density at radius 1 is 1.11 bits per heavy atom. The van der Waals surface area contributed by atoms with Crippen molar-refractivity contribution in [2.75, 3.05) is 0 Å². The van der Waals surface area contributed by atoms with E-state index < -0.39 is 6.10 Å². The van der Waals surface area contributed by atoms with Gasteiger partial charge >= 0.3 is 0 Å². The van der Waals surface area contributed by atoms with Crippen LogP contribution >= 0.6 is 11.6 Å². The maximum Gasteiger partial charge on any atom is 0.0768 e. The SMILES string of the molecule is CCc1ccc(-c2ccc(Cl)cc2C(C)O)cc1. The van der Waals surface area contributed by atoms with Crippen molar-refractivity contribution in [3.8, 4) is 11.1 Å². The summed E-state index contributed by atoms with van der Waals surface area (Å²) < 4.78 is 0. The van der Waals surface area contributed by atoms with Crippen LogP contribution in [0.5, 0.6) is 0 Å². The Kier molecular flexibility index (Phi) is 4.05. The molecule has 2 heteroatoms. The quantitative estimate of drug-likeness (QED) is 0.854. The van der Waals surface area contributed by atoms with Crippen LogP contribution in [0.2, 0.25) is 5.02 Å². The van der Waals surface area contributed by atoms with Crippen LogP contribution in [0.4, 0.5) is 0 Å². The number of rotatable bonds is 3. The van der Waals surface area contributed by atoms with Crippen LogP contribution < -0.4 is 0 Å². The third kappa shape index (κ3) is 2.74. The summed E-state index contributed by atoms with van der Waals surface area (Å²) in [4.78, 5) is 0. The molecule has 2 aromatic carbocycles. The molecule has 94 valence electrons. The number of halogens is 1. The van der Waals surface area contributed by atoms with E-state index >= 15 is 0 Å². The monoisotopic (exact) mass is 260 g/mol. The van der Waals surface area contributed by atoms with Crippen LogP contribution in [0.1, 0.15) is 31.1 Å². The van der Waals surface area contributed by atoms with Crippen molar-refractivity contribution in [2.24, 2.45) is 0 Å². The average molecular weight is 261 g/mol. The van der Waals surface area contributed by atoms with Crippen molar-refractivity contribution in [1.82, 2.24) is 0 Å². The first-order valence-corrected chi connectivity index (χ1v) is 6.56. The molecule has 1 unspecified atom stereocenters. The zero-order chi connectivity index (χ0) is 13.1. The minimum Gasteiger partial charge on any atom is -0.389 e. The topological polar surface area (TPSA) is 20.2 Å². The fourth-order valence-electron chi connectivity index (χ4n) is 2.06. The van der Waals surface area contributed by atoms with Gasteiger partial charge < -0.3 is 5.11 Å². The summed E-state index contributed by atoms with van der Waals surface area (Å²) in [6.07, 6.45) is 0.508. The van der Waals surface area contributed by atoms with Crippen LogP contribution in [0.25, 0.3) is 11.1 Å². The van der Waals surface area contributed by atoms with E-state index in [0.717, 1.165) is 23.1 Å². The van der Waals surface area contributed by atoms with E-state index in [1.54, 1.807) is 6.92 Å². The summed E-state index contributed by atoms with van der Waals surface area (Å²) in [5.74, 6) is 0. The highest BCUT2D eigenvalue weighted by atomic mass is 35.5. The molecule has 0 aromatic heterocycles. The Morgan fingerprint density at radius 3 is 2.33 bits per heavy atom. The lowest BCUT2D eigenvalue weighted by molar-refractivity contribution is 0.200. The first-order valence-electron chi connectivity index (χ1n) is 6.18. The molecular formula is C16H17ClO. The van der Waals surface area contributed by atoms with Crippen LogP contribution in [-0.2, 0) is 6.42 Å². The van der Waals surface area contributed by atoms with Gasteiger partial charge in [-0.1, -0.05) is 48.9 Å². The third-order valence-electron chi connectivity index (χ3n) is 3.14. The number of benzene rings is 2. The Balaban J connectivity index is 2.48. The molecule has 18 heavy (non-hydrogen) atoms. The first kappa shape index (κ1) is 13.1. The van der Waals surface area contributed by atoms with Gasteiger partial charge in [-0.15, -0.1) is 0 Å². The zero-order valence-corrected chi connectivity index (χ0v) is 11.4. The summed E-state index contributed by atoms with van der Waals surface area (Å²) in [6.45, 7) is 3.90. The molecule has 0 aliphatic carbocycles. The highest BCUT2D eigenvalue weighted by Gasteiger charge is 2.10. The predicted octanol–water partition coefficient (Wildman–Crippen LogP) is 4.62. The summed E-state index contributed by atoms with van der Waals surface area (Å²) in [5.41, 5.74) is 4.33. The highest BCUT2D eigenvalue weighted by Crippen LogP contribution is 2.30. The Hall–Kier alpha value is -1.31. The fourth-order valence-corrected chi connectivity index (χ4v) is 2.24. The van der Waals surface area contributed by atoms with E-state index in [1.165, 1.54) is 5.56 Å². The normalized spacial score (nSPS) is 12.4. The minimum absolute atomic E-state index is 0.524. The Labute approximate surface area is 113 Å². The first-order chi connectivity index (χ1) is 8.61. The van der Waals surface area contributed by atoms with Crippen molar-refractivity contribution in [3.05, 3.63) is 58.6 Å².